The maximum Gasteiger partial charge on any atom is 0.261 e. The molecule has 0 amide bonds. The number of hydrogen-bond acceptors (Lipinski definition) is 5. The van der Waals surface area contributed by atoms with Crippen LogP contribution < -0.4 is 9.46 Å². The molecule has 0 bridgehead atoms. The molecule has 0 saturated carbocycles. The van der Waals surface area contributed by atoms with Crippen molar-refractivity contribution in [2.24, 2.45) is 0 Å². The molecule has 5 rings (SSSR count). The van der Waals surface area contributed by atoms with Gasteiger partial charge in [0.2, 0.25) is 0 Å². The molecule has 150 valence electrons. The molecule has 0 unspecified atom stereocenters. The normalized spacial score (nSPS) is 12.9. The van der Waals surface area contributed by atoms with Gasteiger partial charge in [0.05, 0.1) is 17.2 Å². The fourth-order valence-corrected chi connectivity index (χ4v) is 5.32. The van der Waals surface area contributed by atoms with E-state index in [0.717, 1.165) is 39.6 Å². The van der Waals surface area contributed by atoms with Crippen LogP contribution in [0.15, 0.2) is 83.1 Å². The lowest BCUT2D eigenvalue weighted by atomic mass is 10.1. The number of anilines is 1. The number of sulfonamides is 1. The molecule has 1 aliphatic rings. The van der Waals surface area contributed by atoms with E-state index in [9.17, 15) is 8.42 Å². The molecule has 0 radical (unpaired) electrons. The quantitative estimate of drug-likeness (QED) is 0.468. The van der Waals surface area contributed by atoms with Crippen molar-refractivity contribution in [3.63, 3.8) is 0 Å². The van der Waals surface area contributed by atoms with Crippen LogP contribution in [0, 0.1) is 0 Å². The minimum atomic E-state index is -3.66. The summed E-state index contributed by atoms with van der Waals surface area (Å²) in [5.74, 6) is 0.761. The van der Waals surface area contributed by atoms with Crippen LogP contribution in [0.3, 0.4) is 0 Å². The maximum atomic E-state index is 12.8. The molecule has 4 aromatic rings. The fourth-order valence-electron chi connectivity index (χ4n) is 3.37. The molecule has 0 fully saturated rings. The molecule has 1 aliphatic heterocycles. The zero-order chi connectivity index (χ0) is 20.6. The highest BCUT2D eigenvalue weighted by Gasteiger charge is 2.19. The summed E-state index contributed by atoms with van der Waals surface area (Å²) >= 11 is 1.59. The molecule has 5 nitrogen and oxygen atoms in total. The molecule has 30 heavy (non-hydrogen) atoms. The Labute approximate surface area is 179 Å². The van der Waals surface area contributed by atoms with Crippen LogP contribution in [-0.4, -0.2) is 20.0 Å². The molecule has 7 heteroatoms. The molecule has 1 aromatic heterocycles. The summed E-state index contributed by atoms with van der Waals surface area (Å²) in [7, 11) is -3.66. The molecule has 3 aromatic carbocycles. The Morgan fingerprint density at radius 2 is 1.73 bits per heavy atom. The number of thiazole rings is 1. The van der Waals surface area contributed by atoms with Gasteiger partial charge in [-0.1, -0.05) is 42.5 Å². The Bertz CT molecular complexity index is 1300. The van der Waals surface area contributed by atoms with Gasteiger partial charge in [0.25, 0.3) is 10.0 Å². The van der Waals surface area contributed by atoms with Gasteiger partial charge < -0.3 is 4.74 Å². The van der Waals surface area contributed by atoms with Crippen molar-refractivity contribution in [1.29, 1.82) is 0 Å². The van der Waals surface area contributed by atoms with E-state index < -0.39 is 10.0 Å². The van der Waals surface area contributed by atoms with Crippen LogP contribution in [0.4, 0.5) is 5.69 Å². The van der Waals surface area contributed by atoms with E-state index in [4.69, 9.17) is 9.72 Å². The molecule has 0 saturated heterocycles. The van der Waals surface area contributed by atoms with E-state index >= 15 is 0 Å². The minimum Gasteiger partial charge on any atom is -0.493 e. The van der Waals surface area contributed by atoms with Gasteiger partial charge in [-0.25, -0.2) is 13.4 Å². The highest BCUT2D eigenvalue weighted by Crippen LogP contribution is 2.31. The third kappa shape index (κ3) is 3.69. The molecule has 0 aliphatic carbocycles. The zero-order valence-electron chi connectivity index (χ0n) is 15.9. The van der Waals surface area contributed by atoms with Crippen molar-refractivity contribution in [3.05, 3.63) is 83.7 Å². The Kier molecular flexibility index (Phi) is 4.77. The standard InChI is InChI=1S/C23H18N2O3S2/c26-30(27,20-10-11-22-18(14-20)12-13-28-22)25-19-8-6-16(7-9-19)21-15-29-23(24-21)17-4-2-1-3-5-17/h1-11,14-15,25H,12-13H2. The second kappa shape index (κ2) is 7.59. The van der Waals surface area contributed by atoms with Crippen molar-refractivity contribution in [2.45, 2.75) is 11.3 Å². The van der Waals surface area contributed by atoms with Crippen LogP contribution in [0.2, 0.25) is 0 Å². The van der Waals surface area contributed by atoms with Gasteiger partial charge >= 0.3 is 0 Å². The van der Waals surface area contributed by atoms with Gasteiger partial charge in [-0.05, 0) is 35.9 Å². The van der Waals surface area contributed by atoms with Gasteiger partial charge in [-0.3, -0.25) is 4.72 Å². The van der Waals surface area contributed by atoms with E-state index in [1.807, 2.05) is 47.8 Å². The van der Waals surface area contributed by atoms with Crippen LogP contribution in [-0.2, 0) is 16.4 Å². The Morgan fingerprint density at radius 3 is 2.53 bits per heavy atom. The predicted molar refractivity (Wildman–Crippen MR) is 119 cm³/mol. The number of nitrogens with one attached hydrogen (secondary N) is 1. The van der Waals surface area contributed by atoms with Gasteiger partial charge in [0.15, 0.2) is 0 Å². The summed E-state index contributed by atoms with van der Waals surface area (Å²) < 4.78 is 33.6. The number of rotatable bonds is 5. The van der Waals surface area contributed by atoms with Crippen molar-refractivity contribution < 1.29 is 13.2 Å². The fraction of sp³-hybridized carbons (Fsp3) is 0.0870. The summed E-state index contributed by atoms with van der Waals surface area (Å²) in [5, 5.41) is 2.96. The first-order chi connectivity index (χ1) is 14.6. The van der Waals surface area contributed by atoms with E-state index in [1.165, 1.54) is 0 Å². The first kappa shape index (κ1) is 18.8. The van der Waals surface area contributed by atoms with Crippen LogP contribution in [0.5, 0.6) is 5.75 Å². The number of hydrogen-bond donors (Lipinski definition) is 1. The van der Waals surface area contributed by atoms with E-state index in [1.54, 1.807) is 41.7 Å². The molecular formula is C23H18N2O3S2. The Balaban J connectivity index is 1.35. The van der Waals surface area contributed by atoms with E-state index in [2.05, 4.69) is 4.72 Å². The minimum absolute atomic E-state index is 0.239. The lowest BCUT2D eigenvalue weighted by Gasteiger charge is -2.09. The SMILES string of the molecule is O=S(=O)(Nc1ccc(-c2csc(-c3ccccc3)n2)cc1)c1ccc2c(c1)CCO2. The summed E-state index contributed by atoms with van der Waals surface area (Å²) in [6.07, 6.45) is 0.728. The summed E-state index contributed by atoms with van der Waals surface area (Å²) in [5.41, 5.74) is 4.32. The van der Waals surface area contributed by atoms with E-state index in [-0.39, 0.29) is 4.90 Å². The Hall–Kier alpha value is -3.16. The summed E-state index contributed by atoms with van der Waals surface area (Å²) in [4.78, 5) is 4.94. The van der Waals surface area contributed by atoms with Crippen LogP contribution in [0.1, 0.15) is 5.56 Å². The number of fused-ring (bicyclic) bond motifs is 1. The van der Waals surface area contributed by atoms with Gasteiger partial charge in [0.1, 0.15) is 10.8 Å². The number of nitrogens with zero attached hydrogens (tertiary/aromatic N) is 1. The monoisotopic (exact) mass is 434 g/mol. The first-order valence-electron chi connectivity index (χ1n) is 9.48. The molecular weight excluding hydrogens is 416 g/mol. The number of ether oxygens (including phenoxy) is 1. The lowest BCUT2D eigenvalue weighted by Crippen LogP contribution is -2.13. The van der Waals surface area contributed by atoms with Gasteiger partial charge in [-0.2, -0.15) is 0 Å². The number of benzene rings is 3. The topological polar surface area (TPSA) is 68.3 Å². The second-order valence-corrected chi connectivity index (χ2v) is 9.50. The van der Waals surface area contributed by atoms with Gasteiger partial charge in [-0.15, -0.1) is 11.3 Å². The smallest absolute Gasteiger partial charge is 0.261 e. The summed E-state index contributed by atoms with van der Waals surface area (Å²) in [6, 6.07) is 22.3. The molecule has 1 N–H and O–H groups in total. The van der Waals surface area contributed by atoms with Crippen molar-refractivity contribution in [2.75, 3.05) is 11.3 Å². The number of aromatic nitrogens is 1. The molecule has 0 spiro atoms. The maximum absolute atomic E-state index is 12.8. The van der Waals surface area contributed by atoms with Gasteiger partial charge in [0, 0.05) is 28.6 Å². The average molecular weight is 435 g/mol. The van der Waals surface area contributed by atoms with E-state index in [0.29, 0.717) is 12.3 Å². The zero-order valence-corrected chi connectivity index (χ0v) is 17.5. The van der Waals surface area contributed by atoms with Crippen molar-refractivity contribution in [3.8, 4) is 27.6 Å². The molecule has 2 heterocycles. The van der Waals surface area contributed by atoms with Crippen LogP contribution in [0.25, 0.3) is 21.8 Å². The van der Waals surface area contributed by atoms with Crippen molar-refractivity contribution in [1.82, 2.24) is 4.98 Å². The highest BCUT2D eigenvalue weighted by atomic mass is 32.2. The predicted octanol–water partition coefficient (Wildman–Crippen LogP) is 5.21. The molecule has 0 atom stereocenters. The Morgan fingerprint density at radius 1 is 0.933 bits per heavy atom. The third-order valence-corrected chi connectivity index (χ3v) is 7.20. The highest BCUT2D eigenvalue weighted by molar-refractivity contribution is 7.92. The average Bonchev–Trinajstić information content (AvgIpc) is 3.44. The third-order valence-electron chi connectivity index (χ3n) is 4.93. The first-order valence-corrected chi connectivity index (χ1v) is 11.8. The largest absolute Gasteiger partial charge is 0.493 e. The summed E-state index contributed by atoms with van der Waals surface area (Å²) in [6.45, 7) is 0.594. The second-order valence-electron chi connectivity index (χ2n) is 6.95. The lowest BCUT2D eigenvalue weighted by molar-refractivity contribution is 0.356. The van der Waals surface area contributed by atoms with Crippen LogP contribution >= 0.6 is 11.3 Å². The van der Waals surface area contributed by atoms with Crippen molar-refractivity contribution >= 4 is 27.0 Å².